The number of benzene rings is 8. The van der Waals surface area contributed by atoms with Gasteiger partial charge in [-0.1, -0.05) is 230 Å². The molecule has 8 aromatic carbocycles. The number of para-hydroxylation sites is 2. The van der Waals surface area contributed by atoms with Crippen LogP contribution in [0.4, 0.5) is 0 Å². The first-order chi connectivity index (χ1) is 38.2. The molecule has 0 saturated heterocycles. The molecule has 0 saturated carbocycles. The number of rotatable bonds is 5. The molecule has 14 rings (SSSR count). The van der Waals surface area contributed by atoms with E-state index in [1.807, 2.05) is 27.7 Å². The number of hydrogen-bond donors (Lipinski definition) is 0. The molecule has 1 atom stereocenters. The summed E-state index contributed by atoms with van der Waals surface area (Å²) in [5.74, 6) is 0. The van der Waals surface area contributed by atoms with E-state index in [1.165, 1.54) is 125 Å². The summed E-state index contributed by atoms with van der Waals surface area (Å²) in [5, 5.41) is 4.99. The number of hydrogen-bond acceptors (Lipinski definition) is 0. The largest absolute Gasteiger partial charge is 0.309 e. The zero-order valence-electron chi connectivity index (χ0n) is 47.2. The summed E-state index contributed by atoms with van der Waals surface area (Å²) in [6.45, 7) is 19.5. The van der Waals surface area contributed by atoms with Gasteiger partial charge in [0, 0.05) is 38.2 Å². The van der Waals surface area contributed by atoms with Gasteiger partial charge < -0.3 is 9.13 Å². The molecule has 4 aliphatic carbocycles. The van der Waals surface area contributed by atoms with Crippen LogP contribution in [0.3, 0.4) is 0 Å². The Hall–Kier alpha value is -8.42. The van der Waals surface area contributed by atoms with Crippen LogP contribution in [0.5, 0.6) is 0 Å². The molecular weight excluding hydrogens is 941 g/mol. The van der Waals surface area contributed by atoms with Crippen molar-refractivity contribution in [3.8, 4) is 27.9 Å². The average Bonchev–Trinajstić information content (AvgIpc) is 4.40. The van der Waals surface area contributed by atoms with Gasteiger partial charge in [0.05, 0.1) is 27.8 Å². The maximum absolute atomic E-state index is 3.81. The standard InChI is InChI=1S/C55H36N2.C11H18.C6H8.2C2H6/c1-55(40-17-7-3-8-18-40)49-23-13-11-21-43(49)45-34-48-47-33-39(38-26-29-52-46(32-38)44-22-12-14-24-51(44)56(52)41-19-9-4-10-20-41)27-30-53(47)57(54(48)35-50(45)55)42-28-25-37(31-42)36-15-5-2-6-16-36;1-9-7-5-6-8-10(9)11(2,3)4;1-2-4-6-5-3-1;2*1-2/h2-30,32-35H,1H3;6,8H,5,7H2,1-4H3;1-4H,5-6H2;2*1-2H3. The summed E-state index contributed by atoms with van der Waals surface area (Å²) in [7, 11) is 0. The predicted molar refractivity (Wildman–Crippen MR) is 340 cm³/mol. The first-order valence-electron chi connectivity index (χ1n) is 28.5. The highest BCUT2D eigenvalue weighted by molar-refractivity contribution is 6.15. The molecule has 388 valence electrons. The summed E-state index contributed by atoms with van der Waals surface area (Å²) in [5.41, 5.74) is 25.2. The van der Waals surface area contributed by atoms with E-state index < -0.39 is 0 Å². The van der Waals surface area contributed by atoms with Crippen molar-refractivity contribution in [2.24, 2.45) is 5.41 Å². The molecule has 4 aliphatic rings. The van der Waals surface area contributed by atoms with Crippen molar-refractivity contribution in [1.82, 2.24) is 9.13 Å². The van der Waals surface area contributed by atoms with Crippen molar-refractivity contribution in [2.45, 2.75) is 93.4 Å². The molecular formula is C76H74N2. The second-order valence-electron chi connectivity index (χ2n) is 21.4. The van der Waals surface area contributed by atoms with E-state index in [2.05, 4.69) is 286 Å². The Bertz CT molecular complexity index is 4010. The highest BCUT2D eigenvalue weighted by Gasteiger charge is 2.41. The Morgan fingerprint density at radius 1 is 0.449 bits per heavy atom. The van der Waals surface area contributed by atoms with Crippen molar-refractivity contribution in [3.63, 3.8) is 0 Å². The van der Waals surface area contributed by atoms with E-state index in [0.29, 0.717) is 5.41 Å². The molecule has 0 amide bonds. The van der Waals surface area contributed by atoms with Gasteiger partial charge in [-0.2, -0.15) is 0 Å². The molecule has 2 nitrogen and oxygen atoms in total. The van der Waals surface area contributed by atoms with Crippen LogP contribution in [0, 0.1) is 5.41 Å². The topological polar surface area (TPSA) is 9.86 Å². The van der Waals surface area contributed by atoms with Gasteiger partial charge in [-0.05, 0) is 162 Å². The molecule has 78 heavy (non-hydrogen) atoms. The van der Waals surface area contributed by atoms with Gasteiger partial charge in [-0.3, -0.25) is 0 Å². The second-order valence-corrected chi connectivity index (χ2v) is 21.4. The van der Waals surface area contributed by atoms with Crippen LogP contribution in [0.2, 0.25) is 0 Å². The lowest BCUT2D eigenvalue weighted by Crippen LogP contribution is -2.22. The van der Waals surface area contributed by atoms with Gasteiger partial charge in [-0.15, -0.1) is 0 Å². The predicted octanol–water partition coefficient (Wildman–Crippen LogP) is 21.6. The monoisotopic (exact) mass is 1010 g/mol. The first kappa shape index (κ1) is 53.0. The minimum absolute atomic E-state index is 0.299. The van der Waals surface area contributed by atoms with Crippen LogP contribution in [-0.2, 0) is 5.41 Å². The lowest BCUT2D eigenvalue weighted by Gasteiger charge is -2.28. The van der Waals surface area contributed by atoms with E-state index >= 15 is 0 Å². The Balaban J connectivity index is 0.000000278. The number of allylic oxidation sites excluding steroid dienone is 11. The van der Waals surface area contributed by atoms with E-state index in [-0.39, 0.29) is 5.41 Å². The molecule has 0 N–H and O–H groups in total. The Morgan fingerprint density at radius 2 is 1.01 bits per heavy atom. The molecule has 2 heteroatoms. The Labute approximate surface area is 464 Å². The highest BCUT2D eigenvalue weighted by atomic mass is 15.0. The molecule has 1 unspecified atom stereocenters. The quantitative estimate of drug-likeness (QED) is 0.152. The van der Waals surface area contributed by atoms with Crippen LogP contribution in [0.1, 0.15) is 110 Å². The number of aromatic nitrogens is 2. The van der Waals surface area contributed by atoms with Crippen molar-refractivity contribution >= 4 is 54.9 Å². The fourth-order valence-corrected chi connectivity index (χ4v) is 12.0. The van der Waals surface area contributed by atoms with Crippen LogP contribution >= 0.6 is 0 Å². The summed E-state index contributed by atoms with van der Waals surface area (Å²) in [4.78, 5) is 0. The molecule has 0 radical (unpaired) electrons. The molecule has 0 aliphatic heterocycles. The average molecular weight is 1020 g/mol. The van der Waals surface area contributed by atoms with Gasteiger partial charge in [0.2, 0.25) is 0 Å². The van der Waals surface area contributed by atoms with Crippen molar-refractivity contribution in [1.29, 1.82) is 0 Å². The highest BCUT2D eigenvalue weighted by Crippen LogP contribution is 2.54. The van der Waals surface area contributed by atoms with Crippen molar-refractivity contribution < 1.29 is 0 Å². The molecule has 0 bridgehead atoms. The molecule has 0 spiro atoms. The van der Waals surface area contributed by atoms with Crippen LogP contribution in [0.25, 0.3) is 82.8 Å². The maximum atomic E-state index is 3.81. The minimum atomic E-state index is -0.299. The second kappa shape index (κ2) is 23.0. The third kappa shape index (κ3) is 9.94. The SMILES string of the molecule is C1=CCCC=C1.CC.CC.CC1(c2ccccc2)c2ccccc2-c2cc3c4cc(-c5ccc6c(c5)c5ccccc5n6-c5ccccc5)ccc4n(C4=C=C(c5ccccc5)C=C4)c3cc21.CC1=C(C(C)(C)C)C=CCC1. The van der Waals surface area contributed by atoms with E-state index in [4.69, 9.17) is 0 Å². The van der Waals surface area contributed by atoms with Gasteiger partial charge in [0.15, 0.2) is 0 Å². The van der Waals surface area contributed by atoms with E-state index in [0.717, 1.165) is 11.3 Å². The van der Waals surface area contributed by atoms with E-state index in [9.17, 15) is 0 Å². The molecule has 2 heterocycles. The summed E-state index contributed by atoms with van der Waals surface area (Å²) < 4.78 is 4.82. The molecule has 10 aromatic rings. The van der Waals surface area contributed by atoms with Crippen molar-refractivity contribution in [2.75, 3.05) is 0 Å². The first-order valence-corrected chi connectivity index (χ1v) is 28.5. The van der Waals surface area contributed by atoms with Crippen LogP contribution in [0.15, 0.2) is 254 Å². The third-order valence-corrected chi connectivity index (χ3v) is 15.7. The fraction of sp³-hybridized carbons (Fsp3) is 0.197. The molecule has 0 fully saturated rings. The smallest absolute Gasteiger partial charge is 0.0897 e. The van der Waals surface area contributed by atoms with Crippen LogP contribution < -0.4 is 0 Å². The third-order valence-electron chi connectivity index (χ3n) is 15.7. The Morgan fingerprint density at radius 3 is 1.64 bits per heavy atom. The minimum Gasteiger partial charge on any atom is -0.309 e. The molecule has 2 aromatic heterocycles. The zero-order chi connectivity index (χ0) is 54.4. The van der Waals surface area contributed by atoms with Crippen molar-refractivity contribution in [3.05, 3.63) is 276 Å². The lowest BCUT2D eigenvalue weighted by molar-refractivity contribution is 0.506. The normalized spacial score (nSPS) is 15.8. The number of nitrogens with zero attached hydrogens (tertiary/aromatic N) is 2. The van der Waals surface area contributed by atoms with E-state index in [1.54, 1.807) is 5.57 Å². The van der Waals surface area contributed by atoms with Crippen LogP contribution in [-0.4, -0.2) is 9.13 Å². The fourth-order valence-electron chi connectivity index (χ4n) is 12.0. The summed E-state index contributed by atoms with van der Waals surface area (Å²) >= 11 is 0. The van der Waals surface area contributed by atoms with Gasteiger partial charge in [-0.25, -0.2) is 0 Å². The number of fused-ring (bicyclic) bond motifs is 9. The van der Waals surface area contributed by atoms with Gasteiger partial charge >= 0.3 is 0 Å². The Kier molecular flexibility index (Phi) is 15.7. The summed E-state index contributed by atoms with van der Waals surface area (Å²) in [6, 6.07) is 69.0. The van der Waals surface area contributed by atoms with Gasteiger partial charge in [0.25, 0.3) is 0 Å². The van der Waals surface area contributed by atoms with Gasteiger partial charge in [0.1, 0.15) is 0 Å². The zero-order valence-corrected chi connectivity index (χ0v) is 47.2. The lowest BCUT2D eigenvalue weighted by atomic mass is 9.74. The maximum Gasteiger partial charge on any atom is 0.0897 e. The summed E-state index contributed by atoms with van der Waals surface area (Å²) in [6.07, 6.45) is 22.5.